The van der Waals surface area contributed by atoms with Gasteiger partial charge in [0.15, 0.2) is 0 Å². The molecule has 3 aromatic rings. The van der Waals surface area contributed by atoms with Crippen molar-refractivity contribution >= 4 is 17.3 Å². The monoisotopic (exact) mass is 679 g/mol. The van der Waals surface area contributed by atoms with Gasteiger partial charge in [0.2, 0.25) is 0 Å². The fourth-order valence-electron chi connectivity index (χ4n) is 4.05. The lowest BCUT2D eigenvalue weighted by atomic mass is 10.1. The Bertz CT molecular complexity index is 1280. The maximum absolute atomic E-state index is 13.0. The number of hydrogen-bond donors (Lipinski definition) is 1. The topological polar surface area (TPSA) is 103 Å². The number of anilines is 2. The highest BCUT2D eigenvalue weighted by Crippen LogP contribution is 2.32. The van der Waals surface area contributed by atoms with Crippen LogP contribution in [-0.2, 0) is 50.7 Å². The maximum Gasteiger partial charge on any atom is 0.416 e. The van der Waals surface area contributed by atoms with E-state index >= 15 is 0 Å². The molecule has 0 spiro atoms. The zero-order valence-electron chi connectivity index (χ0n) is 26.9. The van der Waals surface area contributed by atoms with E-state index in [2.05, 4.69) is 5.32 Å². The molecule has 264 valence electrons. The molecule has 0 aliphatic carbocycles. The fourth-order valence-corrected chi connectivity index (χ4v) is 4.05. The van der Waals surface area contributed by atoms with Gasteiger partial charge in [-0.25, -0.2) is 4.79 Å². The van der Waals surface area contributed by atoms with E-state index in [1.807, 2.05) is 30.3 Å². The Balaban J connectivity index is 1.07. The average molecular weight is 680 g/mol. The van der Waals surface area contributed by atoms with E-state index in [4.69, 9.17) is 37.9 Å². The van der Waals surface area contributed by atoms with Crippen LogP contribution in [0.4, 0.5) is 24.5 Å². The van der Waals surface area contributed by atoms with Gasteiger partial charge in [-0.3, -0.25) is 0 Å². The summed E-state index contributed by atoms with van der Waals surface area (Å²) in [5.74, 6) is -0.625. The molecule has 0 saturated carbocycles. The molecule has 3 aromatic carbocycles. The minimum absolute atomic E-state index is 0.00363. The number of ether oxygens (including phenoxy) is 8. The van der Waals surface area contributed by atoms with Crippen LogP contribution < -0.4 is 5.32 Å². The molecular formula is C35H44F3NO9. The summed E-state index contributed by atoms with van der Waals surface area (Å²) in [7, 11) is 0. The Kier molecular flexibility index (Phi) is 19.2. The van der Waals surface area contributed by atoms with Crippen molar-refractivity contribution in [2.24, 2.45) is 0 Å². The van der Waals surface area contributed by atoms with Gasteiger partial charge in [-0.2, -0.15) is 13.2 Å². The highest BCUT2D eigenvalue weighted by atomic mass is 19.4. The molecule has 0 aliphatic rings. The number of alkyl halides is 3. The standard InChI is InChI=1S/C35H44F3NO9/c36-35(37,38)30-9-6-10-31(27-30)39-33-12-5-4-11-32(33)34(40)48-26-25-46-22-21-44-18-17-42-14-13-41-15-16-43-19-20-45-23-24-47-28-29-7-2-1-3-8-29/h1-12,27,39H,13-26,28H2. The van der Waals surface area contributed by atoms with Gasteiger partial charge in [-0.15, -0.1) is 0 Å². The maximum atomic E-state index is 13.0. The van der Waals surface area contributed by atoms with Gasteiger partial charge >= 0.3 is 12.1 Å². The zero-order chi connectivity index (χ0) is 34.1. The largest absolute Gasteiger partial charge is 0.460 e. The molecule has 0 bridgehead atoms. The van der Waals surface area contributed by atoms with Crippen molar-refractivity contribution in [2.75, 3.05) is 97.8 Å². The van der Waals surface area contributed by atoms with Crippen LogP contribution in [0.2, 0.25) is 0 Å². The lowest BCUT2D eigenvalue weighted by Crippen LogP contribution is -2.15. The summed E-state index contributed by atoms with van der Waals surface area (Å²) in [6.45, 7) is 6.09. The third-order valence-corrected chi connectivity index (χ3v) is 6.42. The summed E-state index contributed by atoms with van der Waals surface area (Å²) in [6, 6.07) is 21.1. The second-order valence-electron chi connectivity index (χ2n) is 10.1. The number of esters is 1. The molecule has 0 fully saturated rings. The SMILES string of the molecule is O=C(OCCOCCOCCOCCOCCOCCOCCOCc1ccccc1)c1ccccc1Nc1cccc(C(F)(F)F)c1. The summed E-state index contributed by atoms with van der Waals surface area (Å²) in [5, 5.41) is 2.86. The van der Waals surface area contributed by atoms with E-state index in [1.54, 1.807) is 18.2 Å². The quantitative estimate of drug-likeness (QED) is 0.0813. The molecule has 0 amide bonds. The molecule has 3 rings (SSSR count). The van der Waals surface area contributed by atoms with Crippen molar-refractivity contribution < 1.29 is 55.9 Å². The number of rotatable bonds is 26. The molecule has 0 saturated heterocycles. The first-order valence-electron chi connectivity index (χ1n) is 15.7. The smallest absolute Gasteiger partial charge is 0.416 e. The Morgan fingerprint density at radius 3 is 1.56 bits per heavy atom. The van der Waals surface area contributed by atoms with Gasteiger partial charge in [-0.1, -0.05) is 48.5 Å². The van der Waals surface area contributed by atoms with Crippen molar-refractivity contribution in [3.05, 3.63) is 95.6 Å². The highest BCUT2D eigenvalue weighted by Gasteiger charge is 2.30. The summed E-state index contributed by atoms with van der Waals surface area (Å²) in [5.41, 5.74) is 1.06. The first kappa shape index (κ1) is 38.9. The van der Waals surface area contributed by atoms with E-state index in [0.29, 0.717) is 91.6 Å². The number of para-hydroxylation sites is 1. The second kappa shape index (κ2) is 23.7. The molecule has 0 radical (unpaired) electrons. The van der Waals surface area contributed by atoms with Crippen molar-refractivity contribution in [1.82, 2.24) is 0 Å². The Morgan fingerprint density at radius 1 is 0.542 bits per heavy atom. The number of nitrogens with one attached hydrogen (secondary N) is 1. The van der Waals surface area contributed by atoms with Crippen molar-refractivity contribution in [2.45, 2.75) is 12.8 Å². The summed E-state index contributed by atoms with van der Waals surface area (Å²) >= 11 is 0. The van der Waals surface area contributed by atoms with E-state index in [-0.39, 0.29) is 24.5 Å². The Labute approximate surface area is 279 Å². The number of carbonyl (C=O) groups excluding carboxylic acids is 1. The summed E-state index contributed by atoms with van der Waals surface area (Å²) < 4.78 is 82.6. The number of carbonyl (C=O) groups is 1. The van der Waals surface area contributed by atoms with E-state index in [1.165, 1.54) is 18.2 Å². The zero-order valence-corrected chi connectivity index (χ0v) is 26.9. The van der Waals surface area contributed by atoms with Crippen LogP contribution >= 0.6 is 0 Å². The van der Waals surface area contributed by atoms with Crippen LogP contribution in [-0.4, -0.2) is 98.5 Å². The first-order chi connectivity index (χ1) is 23.4. The highest BCUT2D eigenvalue weighted by molar-refractivity contribution is 5.96. The van der Waals surface area contributed by atoms with Crippen LogP contribution in [0.15, 0.2) is 78.9 Å². The number of hydrogen-bond acceptors (Lipinski definition) is 10. The first-order valence-corrected chi connectivity index (χ1v) is 15.7. The van der Waals surface area contributed by atoms with Gasteiger partial charge in [0.05, 0.1) is 109 Å². The summed E-state index contributed by atoms with van der Waals surface area (Å²) in [6.07, 6.45) is -4.47. The van der Waals surface area contributed by atoms with E-state index in [9.17, 15) is 18.0 Å². The van der Waals surface area contributed by atoms with Gasteiger partial charge in [0, 0.05) is 5.69 Å². The van der Waals surface area contributed by atoms with Crippen LogP contribution in [0.1, 0.15) is 21.5 Å². The molecule has 0 unspecified atom stereocenters. The van der Waals surface area contributed by atoms with Gasteiger partial charge in [0.1, 0.15) is 6.61 Å². The van der Waals surface area contributed by atoms with Crippen molar-refractivity contribution in [1.29, 1.82) is 0 Å². The molecule has 0 aliphatic heterocycles. The number of halogens is 3. The van der Waals surface area contributed by atoms with Crippen molar-refractivity contribution in [3.63, 3.8) is 0 Å². The van der Waals surface area contributed by atoms with Crippen LogP contribution in [0, 0.1) is 0 Å². The molecule has 0 atom stereocenters. The minimum Gasteiger partial charge on any atom is -0.460 e. The number of benzene rings is 3. The third-order valence-electron chi connectivity index (χ3n) is 6.42. The molecule has 48 heavy (non-hydrogen) atoms. The van der Waals surface area contributed by atoms with E-state index < -0.39 is 17.7 Å². The Morgan fingerprint density at radius 2 is 1.02 bits per heavy atom. The van der Waals surface area contributed by atoms with Crippen molar-refractivity contribution in [3.8, 4) is 0 Å². The predicted molar refractivity (Wildman–Crippen MR) is 172 cm³/mol. The normalized spacial score (nSPS) is 11.5. The van der Waals surface area contributed by atoms with E-state index in [0.717, 1.165) is 17.7 Å². The predicted octanol–water partition coefficient (Wildman–Crippen LogP) is 5.92. The molecule has 1 N–H and O–H groups in total. The molecule has 13 heteroatoms. The van der Waals surface area contributed by atoms with Crippen LogP contribution in [0.5, 0.6) is 0 Å². The van der Waals surface area contributed by atoms with Gasteiger partial charge < -0.3 is 43.2 Å². The summed E-state index contributed by atoms with van der Waals surface area (Å²) in [4.78, 5) is 12.6. The minimum atomic E-state index is -4.47. The van der Waals surface area contributed by atoms with Gasteiger partial charge in [-0.05, 0) is 35.9 Å². The molecule has 0 aromatic heterocycles. The molecule has 10 nitrogen and oxygen atoms in total. The lowest BCUT2D eigenvalue weighted by Gasteiger charge is -2.13. The van der Waals surface area contributed by atoms with Gasteiger partial charge in [0.25, 0.3) is 0 Å². The average Bonchev–Trinajstić information content (AvgIpc) is 3.09. The Hall–Kier alpha value is -3.56. The third kappa shape index (κ3) is 17.0. The molecule has 0 heterocycles. The van der Waals surface area contributed by atoms with Crippen LogP contribution in [0.25, 0.3) is 0 Å². The second-order valence-corrected chi connectivity index (χ2v) is 10.1. The lowest BCUT2D eigenvalue weighted by molar-refractivity contribution is -0.137. The molecular weight excluding hydrogens is 635 g/mol. The van der Waals surface area contributed by atoms with Crippen LogP contribution in [0.3, 0.4) is 0 Å². The fraction of sp³-hybridized carbons (Fsp3) is 0.457.